The Morgan fingerprint density at radius 2 is 1.96 bits per heavy atom. The number of nitrogens with zero attached hydrogens (tertiary/aromatic N) is 1. The summed E-state index contributed by atoms with van der Waals surface area (Å²) in [5, 5.41) is 4.37. The summed E-state index contributed by atoms with van der Waals surface area (Å²) in [7, 11) is 0. The molecule has 4 unspecified atom stereocenters. The number of halogens is 1. The summed E-state index contributed by atoms with van der Waals surface area (Å²) in [4.78, 5) is 14.9. The molecular weight excluding hydrogens is 312 g/mol. The van der Waals surface area contributed by atoms with Crippen molar-refractivity contribution in [3.05, 3.63) is 34.9 Å². The van der Waals surface area contributed by atoms with Gasteiger partial charge in [-0.3, -0.25) is 4.79 Å². The largest absolute Gasteiger partial charge is 0.340 e. The minimum absolute atomic E-state index is 0.0826. The normalized spacial score (nSPS) is 33.7. The molecular formula is C17H23ClN4O. The standard InChI is InChI=1S/C17H23ClN4O/c18-14-4-2-1-3-13(14)15-9-16(21-20-15)17(23)22-8-7-11-5-6-12(10-22)19-11/h1-4,11-12,15-16,19-21H,5-10H2. The lowest BCUT2D eigenvalue weighted by atomic mass is 10.0. The number of fused-ring (bicyclic) bond motifs is 2. The highest BCUT2D eigenvalue weighted by Gasteiger charge is 2.37. The second-order valence-corrected chi connectivity index (χ2v) is 7.27. The lowest BCUT2D eigenvalue weighted by molar-refractivity contribution is -0.133. The van der Waals surface area contributed by atoms with E-state index in [1.54, 1.807) is 0 Å². The molecule has 0 spiro atoms. The average Bonchev–Trinajstić information content (AvgIpc) is 3.14. The van der Waals surface area contributed by atoms with E-state index in [1.807, 2.05) is 29.2 Å². The molecule has 5 nitrogen and oxygen atoms in total. The highest BCUT2D eigenvalue weighted by Crippen LogP contribution is 2.29. The molecule has 3 fully saturated rings. The first-order valence-electron chi connectivity index (χ1n) is 8.51. The Morgan fingerprint density at radius 3 is 2.83 bits per heavy atom. The molecule has 23 heavy (non-hydrogen) atoms. The minimum atomic E-state index is -0.173. The predicted octanol–water partition coefficient (Wildman–Crippen LogP) is 1.60. The van der Waals surface area contributed by atoms with Crippen molar-refractivity contribution < 1.29 is 4.79 Å². The van der Waals surface area contributed by atoms with Gasteiger partial charge < -0.3 is 10.2 Å². The third-order valence-electron chi connectivity index (χ3n) is 5.32. The Morgan fingerprint density at radius 1 is 1.13 bits per heavy atom. The lowest BCUT2D eigenvalue weighted by Gasteiger charge is -2.26. The van der Waals surface area contributed by atoms with Gasteiger partial charge >= 0.3 is 0 Å². The van der Waals surface area contributed by atoms with E-state index in [0.29, 0.717) is 12.1 Å². The smallest absolute Gasteiger partial charge is 0.241 e. The number of amides is 1. The van der Waals surface area contributed by atoms with E-state index in [9.17, 15) is 4.79 Å². The molecule has 4 atom stereocenters. The molecule has 3 aliphatic rings. The molecule has 6 heteroatoms. The molecule has 3 N–H and O–H groups in total. The van der Waals surface area contributed by atoms with Crippen LogP contribution in [0.4, 0.5) is 0 Å². The van der Waals surface area contributed by atoms with E-state index in [1.165, 1.54) is 12.8 Å². The molecule has 4 rings (SSSR count). The van der Waals surface area contributed by atoms with Crippen molar-refractivity contribution in [1.82, 2.24) is 21.1 Å². The fraction of sp³-hybridized carbons (Fsp3) is 0.588. The number of carbonyl (C=O) groups excluding carboxylic acids is 1. The van der Waals surface area contributed by atoms with E-state index < -0.39 is 0 Å². The first kappa shape index (κ1) is 15.4. The Balaban J connectivity index is 1.41. The molecule has 3 saturated heterocycles. The zero-order chi connectivity index (χ0) is 15.8. The monoisotopic (exact) mass is 334 g/mol. The third kappa shape index (κ3) is 3.11. The van der Waals surface area contributed by atoms with Crippen molar-refractivity contribution in [2.75, 3.05) is 13.1 Å². The summed E-state index contributed by atoms with van der Waals surface area (Å²) >= 11 is 6.27. The lowest BCUT2D eigenvalue weighted by Crippen LogP contribution is -2.48. The molecule has 0 aromatic heterocycles. The number of hydrogen-bond acceptors (Lipinski definition) is 4. The van der Waals surface area contributed by atoms with E-state index in [4.69, 9.17) is 11.6 Å². The van der Waals surface area contributed by atoms with Crippen LogP contribution in [0, 0.1) is 0 Å². The van der Waals surface area contributed by atoms with Crippen molar-refractivity contribution in [3.8, 4) is 0 Å². The van der Waals surface area contributed by atoms with Gasteiger partial charge in [-0.15, -0.1) is 0 Å². The van der Waals surface area contributed by atoms with Gasteiger partial charge in [-0.05, 0) is 37.3 Å². The number of hydrazine groups is 1. The number of nitrogens with one attached hydrogen (secondary N) is 3. The van der Waals surface area contributed by atoms with Gasteiger partial charge in [0.25, 0.3) is 0 Å². The first-order chi connectivity index (χ1) is 11.2. The summed E-state index contributed by atoms with van der Waals surface area (Å²) in [5.41, 5.74) is 7.46. The fourth-order valence-electron chi connectivity index (χ4n) is 4.04. The van der Waals surface area contributed by atoms with E-state index in [-0.39, 0.29) is 18.0 Å². The summed E-state index contributed by atoms with van der Waals surface area (Å²) in [6, 6.07) is 8.80. The van der Waals surface area contributed by atoms with Crippen LogP contribution in [-0.4, -0.2) is 42.0 Å². The second-order valence-electron chi connectivity index (χ2n) is 6.86. The number of likely N-dealkylation sites (tertiary alicyclic amines) is 1. The van der Waals surface area contributed by atoms with Crippen LogP contribution < -0.4 is 16.2 Å². The predicted molar refractivity (Wildman–Crippen MR) is 90.0 cm³/mol. The van der Waals surface area contributed by atoms with E-state index in [0.717, 1.165) is 36.5 Å². The Hall–Kier alpha value is -1.14. The van der Waals surface area contributed by atoms with Gasteiger partial charge in [0.1, 0.15) is 6.04 Å². The van der Waals surface area contributed by atoms with Gasteiger partial charge in [0, 0.05) is 36.2 Å². The van der Waals surface area contributed by atoms with Gasteiger partial charge in [-0.25, -0.2) is 10.9 Å². The van der Waals surface area contributed by atoms with Crippen molar-refractivity contribution >= 4 is 17.5 Å². The summed E-state index contributed by atoms with van der Waals surface area (Å²) in [5.74, 6) is 0.210. The van der Waals surface area contributed by atoms with Gasteiger partial charge in [0.15, 0.2) is 0 Å². The van der Waals surface area contributed by atoms with Crippen molar-refractivity contribution in [3.63, 3.8) is 0 Å². The second kappa shape index (κ2) is 6.40. The van der Waals surface area contributed by atoms with Gasteiger partial charge in [-0.1, -0.05) is 29.8 Å². The van der Waals surface area contributed by atoms with Crippen molar-refractivity contribution in [2.24, 2.45) is 0 Å². The number of rotatable bonds is 2. The number of hydrogen-bond donors (Lipinski definition) is 3. The molecule has 1 aromatic rings. The molecule has 1 amide bonds. The molecule has 0 saturated carbocycles. The first-order valence-corrected chi connectivity index (χ1v) is 8.89. The van der Waals surface area contributed by atoms with Crippen LogP contribution in [0.1, 0.15) is 37.3 Å². The van der Waals surface area contributed by atoms with Crippen LogP contribution in [0.2, 0.25) is 5.02 Å². The zero-order valence-corrected chi connectivity index (χ0v) is 13.9. The van der Waals surface area contributed by atoms with Gasteiger partial charge in [0.05, 0.1) is 0 Å². The highest BCUT2D eigenvalue weighted by molar-refractivity contribution is 6.31. The summed E-state index contributed by atoms with van der Waals surface area (Å²) < 4.78 is 0. The topological polar surface area (TPSA) is 56.4 Å². The average molecular weight is 335 g/mol. The van der Waals surface area contributed by atoms with Crippen LogP contribution in [0.3, 0.4) is 0 Å². The highest BCUT2D eigenvalue weighted by atomic mass is 35.5. The molecule has 3 heterocycles. The number of carbonyl (C=O) groups is 1. The maximum atomic E-state index is 12.9. The Labute approximate surface area is 141 Å². The minimum Gasteiger partial charge on any atom is -0.340 e. The zero-order valence-electron chi connectivity index (χ0n) is 13.1. The third-order valence-corrected chi connectivity index (χ3v) is 5.66. The van der Waals surface area contributed by atoms with Crippen LogP contribution >= 0.6 is 11.6 Å². The van der Waals surface area contributed by atoms with E-state index >= 15 is 0 Å². The van der Waals surface area contributed by atoms with Crippen LogP contribution in [-0.2, 0) is 4.79 Å². The molecule has 1 aromatic carbocycles. The van der Waals surface area contributed by atoms with Crippen LogP contribution in [0.5, 0.6) is 0 Å². The maximum absolute atomic E-state index is 12.9. The molecule has 3 aliphatic heterocycles. The fourth-order valence-corrected chi connectivity index (χ4v) is 4.31. The number of benzene rings is 1. The maximum Gasteiger partial charge on any atom is 0.241 e. The van der Waals surface area contributed by atoms with Crippen molar-refractivity contribution in [1.29, 1.82) is 0 Å². The van der Waals surface area contributed by atoms with E-state index in [2.05, 4.69) is 16.2 Å². The van der Waals surface area contributed by atoms with Gasteiger partial charge in [-0.2, -0.15) is 0 Å². The van der Waals surface area contributed by atoms with Crippen molar-refractivity contribution in [2.45, 2.75) is 49.9 Å². The molecule has 124 valence electrons. The Kier molecular flexibility index (Phi) is 4.28. The van der Waals surface area contributed by atoms with Crippen LogP contribution in [0.15, 0.2) is 24.3 Å². The van der Waals surface area contributed by atoms with Gasteiger partial charge in [0.2, 0.25) is 5.91 Å². The Bertz CT molecular complexity index is 596. The molecule has 0 radical (unpaired) electrons. The summed E-state index contributed by atoms with van der Waals surface area (Å²) in [6.45, 7) is 1.70. The summed E-state index contributed by atoms with van der Waals surface area (Å²) in [6.07, 6.45) is 4.24. The molecule has 2 bridgehead atoms. The SMILES string of the molecule is O=C(C1CC(c2ccccc2Cl)NN1)N1CCC2CCC(C1)N2. The molecule has 0 aliphatic carbocycles. The van der Waals surface area contributed by atoms with Crippen LogP contribution in [0.25, 0.3) is 0 Å². The quantitative estimate of drug-likeness (QED) is 0.769.